The van der Waals surface area contributed by atoms with Crippen molar-refractivity contribution in [1.82, 2.24) is 0 Å². The Labute approximate surface area is 91.7 Å². The molecule has 0 N–H and O–H groups in total. The van der Waals surface area contributed by atoms with E-state index in [0.29, 0.717) is 0 Å². The lowest BCUT2D eigenvalue weighted by molar-refractivity contribution is -0.453. The van der Waals surface area contributed by atoms with Crippen LogP contribution < -0.4 is 0 Å². The fraction of sp³-hybridized carbons (Fsp3) is 1.00. The second-order valence-corrected chi connectivity index (χ2v) is 3.71. The predicted octanol–water partition coefficient (Wildman–Crippen LogP) is 2.97. The first-order valence-electron chi connectivity index (χ1n) is 4.54. The van der Waals surface area contributed by atoms with E-state index in [2.05, 4.69) is 9.47 Å². The number of alkyl halides is 7. The zero-order valence-corrected chi connectivity index (χ0v) is 8.53. The minimum absolute atomic E-state index is 0.00600. The van der Waals surface area contributed by atoms with Crippen LogP contribution in [0, 0.1) is 0 Å². The molecule has 1 aliphatic heterocycles. The van der Waals surface area contributed by atoms with Gasteiger partial charge in [-0.2, -0.15) is 17.6 Å². The van der Waals surface area contributed by atoms with E-state index in [1.165, 1.54) is 0 Å². The lowest BCUT2D eigenvalue weighted by Crippen LogP contribution is -2.58. The van der Waals surface area contributed by atoms with Crippen LogP contribution in [0.3, 0.4) is 0 Å². The highest BCUT2D eigenvalue weighted by Crippen LogP contribution is 2.45. The summed E-state index contributed by atoms with van der Waals surface area (Å²) < 4.78 is 95.2. The minimum atomic E-state index is -5.64. The molecule has 0 radical (unpaired) electrons. The molecule has 0 saturated carbocycles. The number of hydrogen-bond donors (Lipinski definition) is 0. The van der Waals surface area contributed by atoms with E-state index < -0.39 is 30.4 Å². The molecule has 1 heterocycles. The number of hydrogen-bond acceptors (Lipinski definition) is 2. The molecule has 0 aromatic heterocycles. The molecule has 0 spiro atoms. The summed E-state index contributed by atoms with van der Waals surface area (Å²) in [7, 11) is 0. The molecule has 1 rings (SSSR count). The van der Waals surface area contributed by atoms with Crippen LogP contribution in [0.1, 0.15) is 13.3 Å². The summed E-state index contributed by atoms with van der Waals surface area (Å²) in [5.74, 6) is -7.64. The summed E-state index contributed by atoms with van der Waals surface area (Å²) in [6.07, 6.45) is -14.1. The first-order chi connectivity index (χ1) is 7.52. The van der Waals surface area contributed by atoms with Gasteiger partial charge in [0.25, 0.3) is 6.43 Å². The van der Waals surface area contributed by atoms with Crippen molar-refractivity contribution in [2.24, 2.45) is 0 Å². The Morgan fingerprint density at radius 2 is 1.65 bits per heavy atom. The van der Waals surface area contributed by atoms with E-state index in [0.717, 1.165) is 6.92 Å². The Morgan fingerprint density at radius 1 is 1.18 bits per heavy atom. The zero-order chi connectivity index (χ0) is 13.5. The van der Waals surface area contributed by atoms with Crippen molar-refractivity contribution in [2.45, 2.75) is 43.8 Å². The molecular formula is C8H9F7O2. The summed E-state index contributed by atoms with van der Waals surface area (Å²) in [6, 6.07) is 0. The lowest BCUT2D eigenvalue weighted by Gasteiger charge is -2.42. The highest BCUT2D eigenvalue weighted by molar-refractivity contribution is 4.89. The van der Waals surface area contributed by atoms with Gasteiger partial charge in [-0.05, 0) is 6.92 Å². The normalized spacial score (nSPS) is 28.1. The van der Waals surface area contributed by atoms with Gasteiger partial charge in [0.15, 0.2) is 5.79 Å². The quantitative estimate of drug-likeness (QED) is 0.715. The van der Waals surface area contributed by atoms with Crippen molar-refractivity contribution < 1.29 is 40.2 Å². The van der Waals surface area contributed by atoms with Gasteiger partial charge in [-0.25, -0.2) is 13.2 Å². The van der Waals surface area contributed by atoms with E-state index in [1.807, 2.05) is 0 Å². The van der Waals surface area contributed by atoms with Crippen molar-refractivity contribution in [1.29, 1.82) is 0 Å². The molecule has 1 aliphatic rings. The summed E-state index contributed by atoms with van der Waals surface area (Å²) in [4.78, 5) is 0. The number of halogens is 7. The van der Waals surface area contributed by atoms with Crippen LogP contribution in [0.5, 0.6) is 0 Å². The van der Waals surface area contributed by atoms with Crippen LogP contribution in [0.15, 0.2) is 0 Å². The molecular weight excluding hydrogens is 261 g/mol. The molecule has 0 amide bonds. The molecule has 17 heavy (non-hydrogen) atoms. The topological polar surface area (TPSA) is 18.5 Å². The molecule has 102 valence electrons. The van der Waals surface area contributed by atoms with Crippen molar-refractivity contribution >= 4 is 0 Å². The molecule has 1 fully saturated rings. The highest BCUT2D eigenvalue weighted by atomic mass is 19.3. The fourth-order valence-electron chi connectivity index (χ4n) is 1.13. The maximum absolute atomic E-state index is 12.9. The average molecular weight is 270 g/mol. The zero-order valence-electron chi connectivity index (χ0n) is 8.53. The number of ether oxygens (including phenoxy) is 2. The SMILES string of the molecule is CC1(OC(F)(F)C(F)(F)C(F)C(F)F)CCO1. The van der Waals surface area contributed by atoms with Crippen LogP contribution in [0.2, 0.25) is 0 Å². The number of rotatable bonds is 5. The van der Waals surface area contributed by atoms with E-state index in [4.69, 9.17) is 0 Å². The lowest BCUT2D eigenvalue weighted by atomic mass is 10.1. The Bertz CT molecular complexity index is 277. The van der Waals surface area contributed by atoms with Crippen LogP contribution in [0.25, 0.3) is 0 Å². The third-order valence-corrected chi connectivity index (χ3v) is 2.26. The van der Waals surface area contributed by atoms with Gasteiger partial charge in [-0.3, -0.25) is 4.74 Å². The largest absolute Gasteiger partial charge is 0.425 e. The van der Waals surface area contributed by atoms with Crippen molar-refractivity contribution in [3.8, 4) is 0 Å². The van der Waals surface area contributed by atoms with Gasteiger partial charge in [-0.1, -0.05) is 0 Å². The van der Waals surface area contributed by atoms with Gasteiger partial charge < -0.3 is 4.74 Å². The Hall–Kier alpha value is -0.570. The molecule has 2 nitrogen and oxygen atoms in total. The first kappa shape index (κ1) is 14.5. The van der Waals surface area contributed by atoms with E-state index in [9.17, 15) is 30.7 Å². The fourth-order valence-corrected chi connectivity index (χ4v) is 1.13. The van der Waals surface area contributed by atoms with Crippen molar-refractivity contribution in [3.63, 3.8) is 0 Å². The molecule has 0 aromatic carbocycles. The molecule has 0 bridgehead atoms. The van der Waals surface area contributed by atoms with E-state index >= 15 is 0 Å². The third-order valence-electron chi connectivity index (χ3n) is 2.26. The van der Waals surface area contributed by atoms with Crippen LogP contribution in [-0.2, 0) is 9.47 Å². The maximum atomic E-state index is 12.9. The third kappa shape index (κ3) is 2.65. The maximum Gasteiger partial charge on any atom is 0.425 e. The van der Waals surface area contributed by atoms with Gasteiger partial charge >= 0.3 is 12.0 Å². The van der Waals surface area contributed by atoms with Gasteiger partial charge in [0.1, 0.15) is 0 Å². The Balaban J connectivity index is 2.80. The molecule has 0 aromatic rings. The van der Waals surface area contributed by atoms with Crippen LogP contribution in [-0.4, -0.2) is 37.0 Å². The molecule has 2 unspecified atom stereocenters. The second-order valence-electron chi connectivity index (χ2n) is 3.71. The Morgan fingerprint density at radius 3 is 1.94 bits per heavy atom. The standard InChI is InChI=1S/C8H9F7O2/c1-6(2-3-16-6)17-8(14,15)7(12,13)4(9)5(10)11/h4-5H,2-3H2,1H3. The van der Waals surface area contributed by atoms with Gasteiger partial charge in [0.2, 0.25) is 6.17 Å². The van der Waals surface area contributed by atoms with Gasteiger partial charge in [0.05, 0.1) is 6.61 Å². The molecule has 9 heteroatoms. The molecule has 1 saturated heterocycles. The van der Waals surface area contributed by atoms with Gasteiger partial charge in [-0.15, -0.1) is 0 Å². The summed E-state index contributed by atoms with van der Waals surface area (Å²) in [6.45, 7) is 0.933. The molecule has 0 aliphatic carbocycles. The van der Waals surface area contributed by atoms with Crippen molar-refractivity contribution in [3.05, 3.63) is 0 Å². The van der Waals surface area contributed by atoms with Crippen LogP contribution in [0.4, 0.5) is 30.7 Å². The highest BCUT2D eigenvalue weighted by Gasteiger charge is 2.68. The van der Waals surface area contributed by atoms with E-state index in [1.54, 1.807) is 0 Å². The minimum Gasteiger partial charge on any atom is -0.350 e. The molecule has 2 atom stereocenters. The van der Waals surface area contributed by atoms with Gasteiger partial charge in [0, 0.05) is 6.42 Å². The monoisotopic (exact) mass is 270 g/mol. The first-order valence-corrected chi connectivity index (χ1v) is 4.54. The second kappa shape index (κ2) is 4.27. The predicted molar refractivity (Wildman–Crippen MR) is 40.9 cm³/mol. The van der Waals surface area contributed by atoms with Crippen LogP contribution >= 0.6 is 0 Å². The summed E-state index contributed by atoms with van der Waals surface area (Å²) in [5.41, 5.74) is 0. The summed E-state index contributed by atoms with van der Waals surface area (Å²) >= 11 is 0. The Kier molecular flexibility index (Phi) is 3.64. The van der Waals surface area contributed by atoms with E-state index in [-0.39, 0.29) is 13.0 Å². The average Bonchev–Trinajstić information content (AvgIpc) is 2.13. The smallest absolute Gasteiger partial charge is 0.350 e. The summed E-state index contributed by atoms with van der Waals surface area (Å²) in [5, 5.41) is 0. The van der Waals surface area contributed by atoms with Crippen molar-refractivity contribution in [2.75, 3.05) is 6.61 Å².